The van der Waals surface area contributed by atoms with Gasteiger partial charge in [0.25, 0.3) is 0 Å². The molecule has 2 N–H and O–H groups in total. The Balaban J connectivity index is 2.13. The highest BCUT2D eigenvalue weighted by Gasteiger charge is 2.16. The topological polar surface area (TPSA) is 96.2 Å². The van der Waals surface area contributed by atoms with E-state index < -0.39 is 0 Å². The van der Waals surface area contributed by atoms with E-state index in [-0.39, 0.29) is 12.3 Å². The van der Waals surface area contributed by atoms with E-state index in [1.54, 1.807) is 18.4 Å². The van der Waals surface area contributed by atoms with Gasteiger partial charge in [0.15, 0.2) is 16.7 Å². The molecule has 0 aliphatic carbocycles. The number of aromatic nitrogens is 3. The molecule has 2 aromatic rings. The second-order valence-corrected chi connectivity index (χ2v) is 5.26. The molecule has 21 heavy (non-hydrogen) atoms. The number of nitrogens with zero attached hydrogens (tertiary/aromatic N) is 3. The minimum absolute atomic E-state index is 0.227. The molecule has 114 valence electrons. The monoisotopic (exact) mass is 310 g/mol. The summed E-state index contributed by atoms with van der Waals surface area (Å²) >= 11 is 1.53. The van der Waals surface area contributed by atoms with Crippen molar-refractivity contribution in [1.82, 2.24) is 14.8 Å². The van der Waals surface area contributed by atoms with Crippen LogP contribution in [0.15, 0.2) is 28.0 Å². The van der Waals surface area contributed by atoms with Crippen LogP contribution >= 0.6 is 11.8 Å². The van der Waals surface area contributed by atoms with E-state index in [9.17, 15) is 4.79 Å². The summed E-state index contributed by atoms with van der Waals surface area (Å²) in [6.07, 6.45) is 1.80. The SMILES string of the molecule is CCOCCSc1nnc(-c2ccco2)n1CCC(N)=O. The molecule has 0 bridgehead atoms. The van der Waals surface area contributed by atoms with E-state index in [1.165, 1.54) is 11.8 Å². The fourth-order valence-corrected chi connectivity index (χ4v) is 2.56. The van der Waals surface area contributed by atoms with E-state index in [1.807, 2.05) is 11.5 Å². The fourth-order valence-electron chi connectivity index (χ4n) is 1.74. The highest BCUT2D eigenvalue weighted by atomic mass is 32.2. The molecule has 2 rings (SSSR count). The van der Waals surface area contributed by atoms with Crippen LogP contribution in [0.3, 0.4) is 0 Å². The van der Waals surface area contributed by atoms with Gasteiger partial charge in [0, 0.05) is 25.3 Å². The molecule has 0 aromatic carbocycles. The van der Waals surface area contributed by atoms with Crippen LogP contribution in [-0.4, -0.2) is 39.6 Å². The Labute approximate surface area is 126 Å². The van der Waals surface area contributed by atoms with E-state index in [4.69, 9.17) is 14.9 Å². The number of ether oxygens (including phenoxy) is 1. The van der Waals surface area contributed by atoms with Crippen molar-refractivity contribution in [1.29, 1.82) is 0 Å². The van der Waals surface area contributed by atoms with E-state index >= 15 is 0 Å². The zero-order valence-electron chi connectivity index (χ0n) is 11.8. The Morgan fingerprint density at radius 2 is 2.38 bits per heavy atom. The molecular formula is C13H18N4O3S. The molecule has 0 unspecified atom stereocenters. The van der Waals surface area contributed by atoms with Crippen molar-refractivity contribution in [2.24, 2.45) is 5.73 Å². The minimum atomic E-state index is -0.362. The van der Waals surface area contributed by atoms with Crippen molar-refractivity contribution in [3.63, 3.8) is 0 Å². The maximum absolute atomic E-state index is 11.0. The molecule has 2 aromatic heterocycles. The highest BCUT2D eigenvalue weighted by molar-refractivity contribution is 7.99. The number of rotatable bonds is 9. The van der Waals surface area contributed by atoms with E-state index in [0.29, 0.717) is 31.3 Å². The molecule has 1 amide bonds. The molecule has 8 heteroatoms. The average Bonchev–Trinajstić information content (AvgIpc) is 3.10. The van der Waals surface area contributed by atoms with Crippen LogP contribution < -0.4 is 5.73 Å². The van der Waals surface area contributed by atoms with Gasteiger partial charge in [-0.3, -0.25) is 9.36 Å². The number of primary amides is 1. The van der Waals surface area contributed by atoms with Gasteiger partial charge < -0.3 is 14.9 Å². The Morgan fingerprint density at radius 1 is 1.52 bits per heavy atom. The standard InChI is InChI=1S/C13H18N4O3S/c1-2-19-8-9-21-13-16-15-12(10-4-3-7-20-10)17(13)6-5-11(14)18/h3-4,7H,2,5-6,8-9H2,1H3,(H2,14,18). The maximum atomic E-state index is 11.0. The third-order valence-electron chi connectivity index (χ3n) is 2.70. The number of hydrogen-bond donors (Lipinski definition) is 1. The Bertz CT molecular complexity index is 568. The van der Waals surface area contributed by atoms with Crippen LogP contribution in [0.4, 0.5) is 0 Å². The van der Waals surface area contributed by atoms with Crippen molar-refractivity contribution in [2.75, 3.05) is 19.0 Å². The van der Waals surface area contributed by atoms with Gasteiger partial charge in [-0.2, -0.15) is 0 Å². The Hall–Kier alpha value is -1.80. The lowest BCUT2D eigenvalue weighted by Gasteiger charge is -2.07. The van der Waals surface area contributed by atoms with Crippen molar-refractivity contribution in [2.45, 2.75) is 25.0 Å². The fraction of sp³-hybridized carbons (Fsp3) is 0.462. The maximum Gasteiger partial charge on any atom is 0.219 e. The number of hydrogen-bond acceptors (Lipinski definition) is 6. The van der Waals surface area contributed by atoms with Crippen LogP contribution in [0.2, 0.25) is 0 Å². The van der Waals surface area contributed by atoms with Crippen molar-refractivity contribution < 1.29 is 13.9 Å². The van der Waals surface area contributed by atoms with Crippen LogP contribution in [0.5, 0.6) is 0 Å². The van der Waals surface area contributed by atoms with Gasteiger partial charge in [0.2, 0.25) is 5.91 Å². The summed E-state index contributed by atoms with van der Waals surface area (Å²) in [6.45, 7) is 3.71. The summed E-state index contributed by atoms with van der Waals surface area (Å²) < 4.78 is 12.5. The molecule has 7 nitrogen and oxygen atoms in total. The molecule has 0 fully saturated rings. The molecule has 2 heterocycles. The van der Waals surface area contributed by atoms with Crippen LogP contribution in [-0.2, 0) is 16.1 Å². The van der Waals surface area contributed by atoms with Gasteiger partial charge in [-0.1, -0.05) is 11.8 Å². The first-order valence-electron chi connectivity index (χ1n) is 6.68. The lowest BCUT2D eigenvalue weighted by atomic mass is 10.3. The van der Waals surface area contributed by atoms with Crippen LogP contribution in [0.1, 0.15) is 13.3 Å². The second-order valence-electron chi connectivity index (χ2n) is 4.20. The van der Waals surface area contributed by atoms with Gasteiger partial charge in [-0.15, -0.1) is 10.2 Å². The number of thioether (sulfide) groups is 1. The number of carbonyl (C=O) groups excluding carboxylic acids is 1. The van der Waals surface area contributed by atoms with Crippen molar-refractivity contribution in [3.05, 3.63) is 18.4 Å². The zero-order chi connectivity index (χ0) is 15.1. The summed E-state index contributed by atoms with van der Waals surface area (Å²) in [4.78, 5) is 11.0. The zero-order valence-corrected chi connectivity index (χ0v) is 12.6. The number of nitrogens with two attached hydrogens (primary N) is 1. The van der Waals surface area contributed by atoms with Gasteiger partial charge in [0.1, 0.15) is 0 Å². The lowest BCUT2D eigenvalue weighted by Crippen LogP contribution is -2.15. The molecular weight excluding hydrogens is 292 g/mol. The quantitative estimate of drug-likeness (QED) is 0.557. The summed E-state index contributed by atoms with van der Waals surface area (Å²) in [5.74, 6) is 1.61. The van der Waals surface area contributed by atoms with E-state index in [0.717, 1.165) is 10.9 Å². The molecule has 0 saturated heterocycles. The third-order valence-corrected chi connectivity index (χ3v) is 3.63. The number of amides is 1. The Kier molecular flexibility index (Phi) is 5.82. The van der Waals surface area contributed by atoms with Crippen LogP contribution in [0.25, 0.3) is 11.6 Å². The van der Waals surface area contributed by atoms with E-state index in [2.05, 4.69) is 10.2 Å². The molecule has 0 aliphatic rings. The predicted molar refractivity (Wildman–Crippen MR) is 78.8 cm³/mol. The molecule has 0 radical (unpaired) electrons. The van der Waals surface area contributed by atoms with Gasteiger partial charge in [0.05, 0.1) is 12.9 Å². The predicted octanol–water partition coefficient (Wildman–Crippen LogP) is 1.54. The van der Waals surface area contributed by atoms with Gasteiger partial charge in [-0.05, 0) is 19.1 Å². The van der Waals surface area contributed by atoms with Gasteiger partial charge in [-0.25, -0.2) is 0 Å². The first kappa shape index (κ1) is 15.6. The highest BCUT2D eigenvalue weighted by Crippen LogP contribution is 2.24. The minimum Gasteiger partial charge on any atom is -0.461 e. The first-order chi connectivity index (χ1) is 10.2. The largest absolute Gasteiger partial charge is 0.461 e. The second kappa shape index (κ2) is 7.84. The molecule has 0 atom stereocenters. The number of carbonyl (C=O) groups is 1. The smallest absolute Gasteiger partial charge is 0.219 e. The molecule has 0 spiro atoms. The first-order valence-corrected chi connectivity index (χ1v) is 7.67. The summed E-state index contributed by atoms with van der Waals surface area (Å²) in [6, 6.07) is 3.59. The van der Waals surface area contributed by atoms with Gasteiger partial charge >= 0.3 is 0 Å². The lowest BCUT2D eigenvalue weighted by molar-refractivity contribution is -0.118. The summed E-state index contributed by atoms with van der Waals surface area (Å²) in [7, 11) is 0. The summed E-state index contributed by atoms with van der Waals surface area (Å²) in [5, 5.41) is 9.02. The third kappa shape index (κ3) is 4.33. The molecule has 0 saturated carbocycles. The summed E-state index contributed by atoms with van der Waals surface area (Å²) in [5.41, 5.74) is 5.22. The number of furan rings is 1. The Morgan fingerprint density at radius 3 is 3.05 bits per heavy atom. The van der Waals surface area contributed by atoms with Crippen LogP contribution in [0, 0.1) is 0 Å². The molecule has 0 aliphatic heterocycles. The van der Waals surface area contributed by atoms with Crippen molar-refractivity contribution >= 4 is 17.7 Å². The van der Waals surface area contributed by atoms with Crippen molar-refractivity contribution in [3.8, 4) is 11.6 Å². The normalized spacial score (nSPS) is 10.9. The average molecular weight is 310 g/mol.